The number of hydrogen-bond acceptors (Lipinski definition) is 4. The minimum atomic E-state index is -0.389. The predicted octanol–water partition coefficient (Wildman–Crippen LogP) is 4.34. The first-order valence-electron chi connectivity index (χ1n) is 6.14. The number of furan rings is 1. The molecule has 2 amide bonds. The molecule has 0 unspecified atom stereocenters. The summed E-state index contributed by atoms with van der Waals surface area (Å²) in [6.07, 6.45) is 1.57. The third-order valence-corrected chi connectivity index (χ3v) is 4.40. The molecule has 1 N–H and O–H groups in total. The maximum atomic E-state index is 11.5. The van der Waals surface area contributed by atoms with Gasteiger partial charge in [0.05, 0.1) is 4.91 Å². The van der Waals surface area contributed by atoms with Crippen LogP contribution in [0.3, 0.4) is 0 Å². The summed E-state index contributed by atoms with van der Waals surface area (Å²) in [4.78, 5) is 22.9. The Balaban J connectivity index is 1.92. The Morgan fingerprint density at radius 1 is 1.24 bits per heavy atom. The van der Waals surface area contributed by atoms with Gasteiger partial charge in [-0.2, -0.15) is 0 Å². The van der Waals surface area contributed by atoms with E-state index in [1.807, 2.05) is 31.2 Å². The molecular formula is C15H10BrNO3S. The number of imide groups is 1. The topological polar surface area (TPSA) is 59.3 Å². The Hall–Kier alpha value is -1.79. The SMILES string of the molecule is Cc1ccc(-c2ccc(C=C3SC(=O)NC3=O)o2)c(Br)c1. The molecular weight excluding hydrogens is 354 g/mol. The van der Waals surface area contributed by atoms with Gasteiger partial charge < -0.3 is 4.42 Å². The third-order valence-electron chi connectivity index (χ3n) is 2.93. The van der Waals surface area contributed by atoms with Gasteiger partial charge >= 0.3 is 0 Å². The Morgan fingerprint density at radius 2 is 2.05 bits per heavy atom. The van der Waals surface area contributed by atoms with Crippen LogP contribution in [0.2, 0.25) is 0 Å². The second-order valence-corrected chi connectivity index (χ2v) is 6.41. The number of hydrogen-bond donors (Lipinski definition) is 1. The molecule has 0 saturated carbocycles. The molecule has 1 fully saturated rings. The highest BCUT2D eigenvalue weighted by atomic mass is 79.9. The highest BCUT2D eigenvalue weighted by molar-refractivity contribution is 9.10. The monoisotopic (exact) mass is 363 g/mol. The zero-order valence-electron chi connectivity index (χ0n) is 11.0. The average Bonchev–Trinajstić information content (AvgIpc) is 2.97. The van der Waals surface area contributed by atoms with E-state index in [0.717, 1.165) is 27.4 Å². The first-order valence-corrected chi connectivity index (χ1v) is 7.75. The summed E-state index contributed by atoms with van der Waals surface area (Å²) >= 11 is 4.38. The van der Waals surface area contributed by atoms with Crippen molar-refractivity contribution in [1.82, 2.24) is 5.32 Å². The second-order valence-electron chi connectivity index (χ2n) is 4.54. The lowest BCUT2D eigenvalue weighted by atomic mass is 10.1. The molecule has 0 bridgehead atoms. The lowest BCUT2D eigenvalue weighted by Crippen LogP contribution is -2.17. The van der Waals surface area contributed by atoms with Crippen LogP contribution in [-0.4, -0.2) is 11.1 Å². The molecule has 2 aromatic rings. The molecule has 1 aromatic heterocycles. The molecule has 6 heteroatoms. The number of carbonyl (C=O) groups is 2. The smallest absolute Gasteiger partial charge is 0.290 e. The van der Waals surface area contributed by atoms with Crippen molar-refractivity contribution in [2.45, 2.75) is 6.92 Å². The maximum absolute atomic E-state index is 11.5. The number of carbonyl (C=O) groups excluding carboxylic acids is 2. The molecule has 21 heavy (non-hydrogen) atoms. The first-order chi connectivity index (χ1) is 10.0. The number of aryl methyl sites for hydroxylation is 1. The van der Waals surface area contributed by atoms with Crippen LogP contribution in [-0.2, 0) is 4.79 Å². The normalized spacial score (nSPS) is 16.6. The van der Waals surface area contributed by atoms with Gasteiger partial charge in [0.25, 0.3) is 11.1 Å². The molecule has 2 heterocycles. The largest absolute Gasteiger partial charge is 0.457 e. The van der Waals surface area contributed by atoms with E-state index in [9.17, 15) is 9.59 Å². The lowest BCUT2D eigenvalue weighted by molar-refractivity contribution is -0.115. The maximum Gasteiger partial charge on any atom is 0.290 e. The van der Waals surface area contributed by atoms with Gasteiger partial charge in [-0.05, 0) is 48.5 Å². The number of halogens is 1. The minimum absolute atomic E-state index is 0.337. The summed E-state index contributed by atoms with van der Waals surface area (Å²) < 4.78 is 6.67. The van der Waals surface area contributed by atoms with E-state index in [4.69, 9.17) is 4.42 Å². The van der Waals surface area contributed by atoms with Crippen molar-refractivity contribution >= 4 is 44.9 Å². The van der Waals surface area contributed by atoms with Crippen molar-refractivity contribution in [3.8, 4) is 11.3 Å². The second kappa shape index (κ2) is 5.54. The van der Waals surface area contributed by atoms with Crippen LogP contribution in [0.1, 0.15) is 11.3 Å². The van der Waals surface area contributed by atoms with E-state index in [-0.39, 0.29) is 11.1 Å². The zero-order valence-corrected chi connectivity index (χ0v) is 13.4. The summed E-state index contributed by atoms with van der Waals surface area (Å²) in [5.41, 5.74) is 2.09. The number of rotatable bonds is 2. The molecule has 3 rings (SSSR count). The number of amides is 2. The quantitative estimate of drug-likeness (QED) is 0.806. The minimum Gasteiger partial charge on any atom is -0.457 e. The van der Waals surface area contributed by atoms with E-state index in [0.29, 0.717) is 16.4 Å². The predicted molar refractivity (Wildman–Crippen MR) is 85.7 cm³/mol. The number of benzene rings is 1. The van der Waals surface area contributed by atoms with Crippen LogP contribution >= 0.6 is 27.7 Å². The van der Waals surface area contributed by atoms with Crippen molar-refractivity contribution in [3.05, 3.63) is 51.0 Å². The van der Waals surface area contributed by atoms with Gasteiger partial charge in [0.2, 0.25) is 0 Å². The summed E-state index contributed by atoms with van der Waals surface area (Å²) in [6, 6.07) is 9.58. The molecule has 1 aliphatic rings. The lowest BCUT2D eigenvalue weighted by Gasteiger charge is -2.02. The molecule has 1 aromatic carbocycles. The molecule has 106 valence electrons. The van der Waals surface area contributed by atoms with E-state index < -0.39 is 0 Å². The van der Waals surface area contributed by atoms with Crippen LogP contribution in [0.5, 0.6) is 0 Å². The first kappa shape index (κ1) is 14.2. The van der Waals surface area contributed by atoms with Crippen molar-refractivity contribution in [2.75, 3.05) is 0 Å². The molecule has 1 saturated heterocycles. The Kier molecular flexibility index (Phi) is 3.73. The molecule has 4 nitrogen and oxygen atoms in total. The highest BCUT2D eigenvalue weighted by Crippen LogP contribution is 2.32. The van der Waals surface area contributed by atoms with Crippen LogP contribution in [0, 0.1) is 6.92 Å². The molecule has 0 atom stereocenters. The van der Waals surface area contributed by atoms with Crippen molar-refractivity contribution in [1.29, 1.82) is 0 Å². The fourth-order valence-electron chi connectivity index (χ4n) is 1.95. The van der Waals surface area contributed by atoms with Gasteiger partial charge in [-0.1, -0.05) is 22.0 Å². The van der Waals surface area contributed by atoms with E-state index >= 15 is 0 Å². The summed E-state index contributed by atoms with van der Waals surface area (Å²) in [5, 5.41) is 1.85. The Bertz CT molecular complexity index is 779. The summed E-state index contributed by atoms with van der Waals surface area (Å²) in [6.45, 7) is 2.01. The average molecular weight is 364 g/mol. The standard InChI is InChI=1S/C15H10BrNO3S/c1-8-2-4-10(11(16)6-8)12-5-3-9(20-12)7-13-14(18)17-15(19)21-13/h2-7H,1H3,(H,17,18,19). The van der Waals surface area contributed by atoms with E-state index in [1.165, 1.54) is 0 Å². The van der Waals surface area contributed by atoms with Crippen LogP contribution in [0.15, 0.2) is 44.1 Å². The van der Waals surface area contributed by atoms with Crippen LogP contribution in [0.25, 0.3) is 17.4 Å². The van der Waals surface area contributed by atoms with Gasteiger partial charge in [0.15, 0.2) is 0 Å². The Morgan fingerprint density at radius 3 is 2.71 bits per heavy atom. The molecule has 0 radical (unpaired) electrons. The fourth-order valence-corrected chi connectivity index (χ4v) is 3.30. The number of thioether (sulfide) groups is 1. The molecule has 0 aliphatic carbocycles. The molecule has 0 spiro atoms. The van der Waals surface area contributed by atoms with Gasteiger partial charge in [0, 0.05) is 16.1 Å². The highest BCUT2D eigenvalue weighted by Gasteiger charge is 2.25. The van der Waals surface area contributed by atoms with Crippen molar-refractivity contribution in [3.63, 3.8) is 0 Å². The summed E-state index contributed by atoms with van der Waals surface area (Å²) in [5.74, 6) is 0.841. The van der Waals surface area contributed by atoms with E-state index in [2.05, 4.69) is 21.2 Å². The van der Waals surface area contributed by atoms with Crippen molar-refractivity contribution < 1.29 is 14.0 Å². The fraction of sp³-hybridized carbons (Fsp3) is 0.0667. The van der Waals surface area contributed by atoms with Crippen LogP contribution < -0.4 is 5.32 Å². The Labute approximate surface area is 133 Å². The summed E-state index contributed by atoms with van der Waals surface area (Å²) in [7, 11) is 0. The van der Waals surface area contributed by atoms with Gasteiger partial charge in [-0.25, -0.2) is 0 Å². The van der Waals surface area contributed by atoms with Gasteiger partial charge in [-0.15, -0.1) is 0 Å². The third kappa shape index (κ3) is 2.96. The van der Waals surface area contributed by atoms with Crippen molar-refractivity contribution in [2.24, 2.45) is 0 Å². The van der Waals surface area contributed by atoms with Gasteiger partial charge in [-0.3, -0.25) is 14.9 Å². The van der Waals surface area contributed by atoms with Crippen LogP contribution in [0.4, 0.5) is 4.79 Å². The molecule has 1 aliphatic heterocycles. The zero-order chi connectivity index (χ0) is 15.0. The van der Waals surface area contributed by atoms with E-state index in [1.54, 1.807) is 12.1 Å². The number of nitrogens with one attached hydrogen (secondary N) is 1. The van der Waals surface area contributed by atoms with Gasteiger partial charge in [0.1, 0.15) is 11.5 Å².